The SMILES string of the molecule is CCC(CC)(CNC(C)C)CN1CCCCCCC1. The molecule has 0 aromatic carbocycles. The van der Waals surface area contributed by atoms with Crippen LogP contribution in [0, 0.1) is 5.41 Å². The molecule has 0 atom stereocenters. The van der Waals surface area contributed by atoms with Gasteiger partial charge in [0.2, 0.25) is 0 Å². The van der Waals surface area contributed by atoms with Crippen LogP contribution in [-0.4, -0.2) is 37.1 Å². The Hall–Kier alpha value is -0.0800. The van der Waals surface area contributed by atoms with Crippen LogP contribution in [-0.2, 0) is 0 Å². The average molecular weight is 268 g/mol. The van der Waals surface area contributed by atoms with Gasteiger partial charge in [0.05, 0.1) is 0 Å². The van der Waals surface area contributed by atoms with Crippen LogP contribution >= 0.6 is 0 Å². The van der Waals surface area contributed by atoms with Gasteiger partial charge in [0.1, 0.15) is 0 Å². The Balaban J connectivity index is 2.53. The molecular formula is C17H36N2. The first-order valence-corrected chi connectivity index (χ1v) is 8.57. The fraction of sp³-hybridized carbons (Fsp3) is 1.00. The molecule has 0 saturated carbocycles. The van der Waals surface area contributed by atoms with Crippen molar-refractivity contribution in [1.29, 1.82) is 0 Å². The zero-order valence-corrected chi connectivity index (χ0v) is 13.8. The molecular weight excluding hydrogens is 232 g/mol. The zero-order chi connectivity index (χ0) is 14.1. The first-order valence-electron chi connectivity index (χ1n) is 8.57. The normalized spacial score (nSPS) is 19.4. The summed E-state index contributed by atoms with van der Waals surface area (Å²) in [4.78, 5) is 2.74. The molecule has 0 aliphatic carbocycles. The topological polar surface area (TPSA) is 15.3 Å². The van der Waals surface area contributed by atoms with Crippen LogP contribution in [0.3, 0.4) is 0 Å². The van der Waals surface area contributed by atoms with Gasteiger partial charge in [-0.25, -0.2) is 0 Å². The first-order chi connectivity index (χ1) is 9.12. The van der Waals surface area contributed by atoms with E-state index in [-0.39, 0.29) is 0 Å². The van der Waals surface area contributed by atoms with Crippen LogP contribution in [0.1, 0.15) is 72.6 Å². The van der Waals surface area contributed by atoms with Gasteiger partial charge < -0.3 is 10.2 Å². The fourth-order valence-corrected chi connectivity index (χ4v) is 3.15. The molecule has 2 nitrogen and oxygen atoms in total. The molecule has 1 aliphatic rings. The summed E-state index contributed by atoms with van der Waals surface area (Å²) in [6.45, 7) is 14.4. The Bertz CT molecular complexity index is 213. The predicted octanol–water partition coefficient (Wildman–Crippen LogP) is 4.06. The highest BCUT2D eigenvalue weighted by Crippen LogP contribution is 2.28. The number of rotatable bonds is 7. The molecule has 0 aromatic rings. The van der Waals surface area contributed by atoms with Crippen molar-refractivity contribution in [3.05, 3.63) is 0 Å². The van der Waals surface area contributed by atoms with Crippen molar-refractivity contribution in [1.82, 2.24) is 10.2 Å². The van der Waals surface area contributed by atoms with E-state index in [4.69, 9.17) is 0 Å². The Kier molecular flexibility index (Phi) is 8.01. The molecule has 114 valence electrons. The van der Waals surface area contributed by atoms with Crippen molar-refractivity contribution in [2.45, 2.75) is 78.7 Å². The summed E-state index contributed by atoms with van der Waals surface area (Å²) in [6, 6.07) is 0.602. The Morgan fingerprint density at radius 3 is 1.95 bits per heavy atom. The molecule has 0 spiro atoms. The smallest absolute Gasteiger partial charge is 0.00499 e. The van der Waals surface area contributed by atoms with Gasteiger partial charge in [0, 0.05) is 19.1 Å². The van der Waals surface area contributed by atoms with Crippen molar-refractivity contribution in [2.24, 2.45) is 5.41 Å². The molecule has 19 heavy (non-hydrogen) atoms. The van der Waals surface area contributed by atoms with E-state index < -0.39 is 0 Å². The Morgan fingerprint density at radius 1 is 0.947 bits per heavy atom. The maximum atomic E-state index is 3.68. The van der Waals surface area contributed by atoms with Gasteiger partial charge in [-0.3, -0.25) is 0 Å². The molecule has 0 bridgehead atoms. The molecule has 0 amide bonds. The number of nitrogens with one attached hydrogen (secondary N) is 1. The van der Waals surface area contributed by atoms with E-state index in [1.165, 1.54) is 71.1 Å². The molecule has 0 aromatic heterocycles. The molecule has 1 N–H and O–H groups in total. The van der Waals surface area contributed by atoms with Gasteiger partial charge in [0.15, 0.2) is 0 Å². The zero-order valence-electron chi connectivity index (χ0n) is 13.8. The minimum Gasteiger partial charge on any atom is -0.314 e. The quantitative estimate of drug-likeness (QED) is 0.749. The van der Waals surface area contributed by atoms with Gasteiger partial charge >= 0.3 is 0 Å². The van der Waals surface area contributed by atoms with Crippen LogP contribution in [0.2, 0.25) is 0 Å². The van der Waals surface area contributed by atoms with E-state index in [9.17, 15) is 0 Å². The standard InChI is InChI=1S/C17H36N2/c1-5-17(6-2,14-18-16(3)4)15-19-12-10-8-7-9-11-13-19/h16,18H,5-15H2,1-4H3. The van der Waals surface area contributed by atoms with Crippen LogP contribution in [0.15, 0.2) is 0 Å². The monoisotopic (exact) mass is 268 g/mol. The van der Waals surface area contributed by atoms with Crippen molar-refractivity contribution in [3.63, 3.8) is 0 Å². The van der Waals surface area contributed by atoms with Crippen LogP contribution in [0.4, 0.5) is 0 Å². The Morgan fingerprint density at radius 2 is 1.47 bits per heavy atom. The highest BCUT2D eigenvalue weighted by atomic mass is 15.1. The van der Waals surface area contributed by atoms with Gasteiger partial charge in [-0.2, -0.15) is 0 Å². The molecule has 1 saturated heterocycles. The van der Waals surface area contributed by atoms with E-state index in [1.807, 2.05) is 0 Å². The van der Waals surface area contributed by atoms with Crippen LogP contribution < -0.4 is 5.32 Å². The van der Waals surface area contributed by atoms with E-state index >= 15 is 0 Å². The molecule has 0 radical (unpaired) electrons. The summed E-state index contributed by atoms with van der Waals surface area (Å²) in [5.41, 5.74) is 0.476. The second-order valence-corrected chi connectivity index (χ2v) is 6.79. The lowest BCUT2D eigenvalue weighted by molar-refractivity contribution is 0.124. The van der Waals surface area contributed by atoms with E-state index in [0.29, 0.717) is 11.5 Å². The summed E-state index contributed by atoms with van der Waals surface area (Å²) < 4.78 is 0. The van der Waals surface area contributed by atoms with E-state index in [2.05, 4.69) is 37.9 Å². The molecule has 1 fully saturated rings. The van der Waals surface area contributed by atoms with Crippen molar-refractivity contribution in [3.8, 4) is 0 Å². The molecule has 2 heteroatoms. The second kappa shape index (κ2) is 8.97. The maximum absolute atomic E-state index is 3.68. The third-order valence-electron chi connectivity index (χ3n) is 4.89. The summed E-state index contributed by atoms with van der Waals surface area (Å²) in [7, 11) is 0. The Labute approximate surface area is 121 Å². The predicted molar refractivity (Wildman–Crippen MR) is 85.7 cm³/mol. The van der Waals surface area contributed by atoms with Gasteiger partial charge in [-0.1, -0.05) is 47.0 Å². The summed E-state index contributed by atoms with van der Waals surface area (Å²) >= 11 is 0. The highest BCUT2D eigenvalue weighted by molar-refractivity contribution is 4.84. The number of hydrogen-bond donors (Lipinski definition) is 1. The molecule has 1 aliphatic heterocycles. The van der Waals surface area contributed by atoms with E-state index in [0.717, 1.165) is 0 Å². The number of hydrogen-bond acceptors (Lipinski definition) is 2. The van der Waals surface area contributed by atoms with Crippen LogP contribution in [0.25, 0.3) is 0 Å². The minimum atomic E-state index is 0.476. The molecule has 1 heterocycles. The molecule has 1 rings (SSSR count). The van der Waals surface area contributed by atoms with E-state index in [1.54, 1.807) is 0 Å². The van der Waals surface area contributed by atoms with Gasteiger partial charge in [0.25, 0.3) is 0 Å². The van der Waals surface area contributed by atoms with Gasteiger partial charge in [-0.05, 0) is 44.2 Å². The third kappa shape index (κ3) is 6.27. The fourth-order valence-electron chi connectivity index (χ4n) is 3.15. The minimum absolute atomic E-state index is 0.476. The second-order valence-electron chi connectivity index (χ2n) is 6.79. The number of nitrogens with zero attached hydrogens (tertiary/aromatic N) is 1. The highest BCUT2D eigenvalue weighted by Gasteiger charge is 2.28. The van der Waals surface area contributed by atoms with Crippen molar-refractivity contribution >= 4 is 0 Å². The van der Waals surface area contributed by atoms with Gasteiger partial charge in [-0.15, -0.1) is 0 Å². The third-order valence-corrected chi connectivity index (χ3v) is 4.89. The van der Waals surface area contributed by atoms with Crippen LogP contribution in [0.5, 0.6) is 0 Å². The maximum Gasteiger partial charge on any atom is 0.00499 e. The summed E-state index contributed by atoms with van der Waals surface area (Å²) in [5.74, 6) is 0. The largest absolute Gasteiger partial charge is 0.314 e. The number of likely N-dealkylation sites (tertiary alicyclic amines) is 1. The first kappa shape index (κ1) is 17.0. The van der Waals surface area contributed by atoms with Crippen molar-refractivity contribution < 1.29 is 0 Å². The molecule has 0 unspecified atom stereocenters. The summed E-state index contributed by atoms with van der Waals surface area (Å²) in [6.07, 6.45) is 9.72. The average Bonchev–Trinajstić information content (AvgIpc) is 2.37. The lowest BCUT2D eigenvalue weighted by Crippen LogP contribution is -2.45. The lowest BCUT2D eigenvalue weighted by atomic mass is 9.81. The summed E-state index contributed by atoms with van der Waals surface area (Å²) in [5, 5.41) is 3.68. The lowest BCUT2D eigenvalue weighted by Gasteiger charge is -2.38. The van der Waals surface area contributed by atoms with Crippen molar-refractivity contribution in [2.75, 3.05) is 26.2 Å².